The van der Waals surface area contributed by atoms with Crippen molar-refractivity contribution in [1.29, 1.82) is 0 Å². The molecule has 0 bridgehead atoms. The van der Waals surface area contributed by atoms with Crippen molar-refractivity contribution in [1.82, 2.24) is 4.98 Å². The molecule has 3 heterocycles. The third-order valence-electron chi connectivity index (χ3n) is 4.93. The van der Waals surface area contributed by atoms with Crippen molar-refractivity contribution in [3.8, 4) is 0 Å². The molecule has 7 heteroatoms. The van der Waals surface area contributed by atoms with Gasteiger partial charge in [0.15, 0.2) is 10.3 Å². The van der Waals surface area contributed by atoms with Gasteiger partial charge in [-0.05, 0) is 60.0 Å². The van der Waals surface area contributed by atoms with Crippen molar-refractivity contribution in [2.75, 3.05) is 17.3 Å². The van der Waals surface area contributed by atoms with E-state index in [4.69, 9.17) is 4.42 Å². The standard InChI is InChI=1S/C19H18BrN3O3/c1-9-5-10(6-11-16(9)23(4)18(25)19(11,2)3)21-17(24)13-7-14-12(22-13)8-15(20)26-14/h5-8,22H,1-4H3,(H,21,24). The van der Waals surface area contributed by atoms with Gasteiger partial charge >= 0.3 is 0 Å². The minimum Gasteiger partial charge on any atom is -0.448 e. The highest BCUT2D eigenvalue weighted by atomic mass is 79.9. The zero-order chi connectivity index (χ0) is 18.8. The van der Waals surface area contributed by atoms with E-state index >= 15 is 0 Å². The predicted octanol–water partition coefficient (Wildman–Crippen LogP) is 4.34. The molecule has 6 nitrogen and oxygen atoms in total. The summed E-state index contributed by atoms with van der Waals surface area (Å²) in [6.07, 6.45) is 0. The monoisotopic (exact) mass is 415 g/mol. The highest BCUT2D eigenvalue weighted by Gasteiger charge is 2.43. The number of furan rings is 1. The number of hydrogen-bond acceptors (Lipinski definition) is 3. The maximum Gasteiger partial charge on any atom is 0.272 e. The summed E-state index contributed by atoms with van der Waals surface area (Å²) < 4.78 is 6.05. The van der Waals surface area contributed by atoms with Crippen molar-refractivity contribution in [3.63, 3.8) is 0 Å². The topological polar surface area (TPSA) is 78.3 Å². The highest BCUT2D eigenvalue weighted by Crippen LogP contribution is 2.44. The fraction of sp³-hybridized carbons (Fsp3) is 0.263. The normalized spacial score (nSPS) is 15.6. The van der Waals surface area contributed by atoms with Crippen molar-refractivity contribution >= 4 is 50.2 Å². The third kappa shape index (κ3) is 2.38. The van der Waals surface area contributed by atoms with Crippen LogP contribution in [0.1, 0.15) is 35.5 Å². The maximum atomic E-state index is 12.6. The molecule has 4 rings (SSSR count). The lowest BCUT2D eigenvalue weighted by molar-refractivity contribution is -0.121. The molecule has 2 amide bonds. The number of nitrogens with one attached hydrogen (secondary N) is 2. The average Bonchev–Trinajstić information content (AvgIpc) is 3.14. The molecular weight excluding hydrogens is 398 g/mol. The molecule has 0 atom stereocenters. The number of fused-ring (bicyclic) bond motifs is 2. The Morgan fingerprint density at radius 1 is 1.27 bits per heavy atom. The molecule has 2 N–H and O–H groups in total. The van der Waals surface area contributed by atoms with Gasteiger partial charge in [-0.1, -0.05) is 0 Å². The van der Waals surface area contributed by atoms with Gasteiger partial charge in [0.25, 0.3) is 5.91 Å². The first-order valence-electron chi connectivity index (χ1n) is 8.21. The Balaban J connectivity index is 1.68. The molecule has 0 unspecified atom stereocenters. The van der Waals surface area contributed by atoms with Crippen LogP contribution in [0.2, 0.25) is 0 Å². The highest BCUT2D eigenvalue weighted by molar-refractivity contribution is 9.10. The summed E-state index contributed by atoms with van der Waals surface area (Å²) in [5, 5.41) is 2.91. The van der Waals surface area contributed by atoms with Crippen LogP contribution in [-0.2, 0) is 10.2 Å². The summed E-state index contributed by atoms with van der Waals surface area (Å²) >= 11 is 3.26. The second kappa shape index (κ2) is 5.48. The van der Waals surface area contributed by atoms with Crippen molar-refractivity contribution in [3.05, 3.63) is 45.8 Å². The molecule has 0 radical (unpaired) electrons. The van der Waals surface area contributed by atoms with E-state index in [1.807, 2.05) is 32.9 Å². The number of aromatic amines is 1. The van der Waals surface area contributed by atoms with E-state index in [1.165, 1.54) is 0 Å². The summed E-state index contributed by atoms with van der Waals surface area (Å²) in [4.78, 5) is 29.8. The van der Waals surface area contributed by atoms with Crippen LogP contribution in [-0.4, -0.2) is 23.8 Å². The first kappa shape index (κ1) is 16.9. The van der Waals surface area contributed by atoms with Gasteiger partial charge in [0, 0.05) is 24.9 Å². The van der Waals surface area contributed by atoms with E-state index in [0.717, 1.165) is 22.3 Å². The number of rotatable bonds is 2. The Kier molecular flexibility index (Phi) is 3.56. The van der Waals surface area contributed by atoms with E-state index in [0.29, 0.717) is 21.6 Å². The molecule has 0 saturated carbocycles. The SMILES string of the molecule is Cc1cc(NC(=O)c2cc3oc(Br)cc3[nH]2)cc2c1N(C)C(=O)C2(C)C. The Morgan fingerprint density at radius 2 is 2.00 bits per heavy atom. The van der Waals surface area contributed by atoms with Crippen molar-refractivity contribution in [2.24, 2.45) is 0 Å². The summed E-state index contributed by atoms with van der Waals surface area (Å²) in [6.45, 7) is 5.75. The van der Waals surface area contributed by atoms with E-state index in [2.05, 4.69) is 26.2 Å². The second-order valence-corrected chi connectivity index (χ2v) is 7.93. The fourth-order valence-corrected chi connectivity index (χ4v) is 4.02. The summed E-state index contributed by atoms with van der Waals surface area (Å²) in [6, 6.07) is 7.20. The van der Waals surface area contributed by atoms with E-state index in [1.54, 1.807) is 24.1 Å². The van der Waals surface area contributed by atoms with Gasteiger partial charge in [0.2, 0.25) is 5.91 Å². The van der Waals surface area contributed by atoms with Crippen LogP contribution in [0.5, 0.6) is 0 Å². The first-order valence-corrected chi connectivity index (χ1v) is 9.00. The number of carbonyl (C=O) groups excluding carboxylic acids is 2. The predicted molar refractivity (Wildman–Crippen MR) is 104 cm³/mol. The lowest BCUT2D eigenvalue weighted by Gasteiger charge is -2.17. The number of likely N-dealkylation sites (N-methyl/N-ethyl adjacent to an activating group) is 1. The van der Waals surface area contributed by atoms with Crippen LogP contribution < -0.4 is 10.2 Å². The van der Waals surface area contributed by atoms with Crippen LogP contribution in [0.3, 0.4) is 0 Å². The Bertz CT molecular complexity index is 1050. The van der Waals surface area contributed by atoms with Crippen LogP contribution >= 0.6 is 15.9 Å². The van der Waals surface area contributed by atoms with E-state index < -0.39 is 5.41 Å². The minimum atomic E-state index is -0.617. The molecule has 1 aliphatic rings. The van der Waals surface area contributed by atoms with Crippen LogP contribution in [0.15, 0.2) is 33.4 Å². The second-order valence-electron chi connectivity index (χ2n) is 7.14. The zero-order valence-corrected chi connectivity index (χ0v) is 16.4. The van der Waals surface area contributed by atoms with E-state index in [-0.39, 0.29) is 11.8 Å². The summed E-state index contributed by atoms with van der Waals surface area (Å²) in [5.41, 5.74) is 4.61. The van der Waals surface area contributed by atoms with Crippen molar-refractivity contribution in [2.45, 2.75) is 26.2 Å². The molecule has 2 aromatic heterocycles. The lowest BCUT2D eigenvalue weighted by atomic mass is 9.85. The number of nitrogens with zero attached hydrogens (tertiary/aromatic N) is 1. The molecule has 26 heavy (non-hydrogen) atoms. The first-order chi connectivity index (χ1) is 12.2. The van der Waals surface area contributed by atoms with Gasteiger partial charge < -0.3 is 19.6 Å². The van der Waals surface area contributed by atoms with Gasteiger partial charge in [-0.15, -0.1) is 0 Å². The fourth-order valence-electron chi connectivity index (χ4n) is 3.62. The molecular formula is C19H18BrN3O3. The maximum absolute atomic E-state index is 12.6. The number of anilines is 2. The van der Waals surface area contributed by atoms with Crippen LogP contribution in [0.25, 0.3) is 11.1 Å². The number of hydrogen-bond donors (Lipinski definition) is 2. The molecule has 1 aromatic carbocycles. The molecule has 0 fully saturated rings. The number of carbonyl (C=O) groups is 2. The third-order valence-corrected chi connectivity index (χ3v) is 5.32. The van der Waals surface area contributed by atoms with Gasteiger partial charge in [-0.25, -0.2) is 0 Å². The number of amides is 2. The van der Waals surface area contributed by atoms with Crippen molar-refractivity contribution < 1.29 is 14.0 Å². The molecule has 1 aliphatic heterocycles. The molecule has 0 saturated heterocycles. The average molecular weight is 416 g/mol. The lowest BCUT2D eigenvalue weighted by Crippen LogP contribution is -2.33. The van der Waals surface area contributed by atoms with Gasteiger partial charge in [-0.2, -0.15) is 0 Å². The number of halogens is 1. The zero-order valence-electron chi connectivity index (χ0n) is 14.9. The number of H-pyrrole nitrogens is 1. The van der Waals surface area contributed by atoms with Gasteiger partial charge in [-0.3, -0.25) is 9.59 Å². The smallest absolute Gasteiger partial charge is 0.272 e. The van der Waals surface area contributed by atoms with Gasteiger partial charge in [0.05, 0.1) is 16.6 Å². The Morgan fingerprint density at radius 3 is 2.69 bits per heavy atom. The van der Waals surface area contributed by atoms with Gasteiger partial charge in [0.1, 0.15) is 5.69 Å². The molecule has 134 valence electrons. The van der Waals surface area contributed by atoms with Crippen LogP contribution in [0, 0.1) is 6.92 Å². The van der Waals surface area contributed by atoms with E-state index in [9.17, 15) is 9.59 Å². The number of aryl methyl sites for hydroxylation is 1. The number of benzene rings is 1. The number of aromatic nitrogens is 1. The summed E-state index contributed by atoms with van der Waals surface area (Å²) in [5.74, 6) is -0.211. The molecule has 0 spiro atoms. The minimum absolute atomic E-state index is 0.0504. The summed E-state index contributed by atoms with van der Waals surface area (Å²) in [7, 11) is 1.79. The Hall–Kier alpha value is -2.54. The largest absolute Gasteiger partial charge is 0.448 e. The molecule has 3 aromatic rings. The Labute approximate surface area is 158 Å². The quantitative estimate of drug-likeness (QED) is 0.653. The van der Waals surface area contributed by atoms with Crippen LogP contribution in [0.4, 0.5) is 11.4 Å². The molecule has 0 aliphatic carbocycles.